The fraction of sp³-hybridized carbons (Fsp3) is 0.0417. The first-order chi connectivity index (χ1) is 18.5. The fourth-order valence-electron chi connectivity index (χ4n) is 3.69. The van der Waals surface area contributed by atoms with Crippen LogP contribution >= 0.6 is 0 Å². The van der Waals surface area contributed by atoms with Gasteiger partial charge in [-0.1, -0.05) is 24.3 Å². The maximum atomic E-state index is 12.8. The van der Waals surface area contributed by atoms with Gasteiger partial charge < -0.3 is 5.32 Å². The molecule has 4 aromatic carbocycles. The molecule has 208 valence electrons. The van der Waals surface area contributed by atoms with E-state index in [-0.39, 0.29) is 27.7 Å². The highest BCUT2D eigenvalue weighted by atomic mass is 32.2. The van der Waals surface area contributed by atoms with E-state index in [9.17, 15) is 43.7 Å². The molecule has 0 aliphatic rings. The monoisotopic (exact) mass is 605 g/mol. The van der Waals surface area contributed by atoms with Gasteiger partial charge in [0.15, 0.2) is 0 Å². The zero-order valence-corrected chi connectivity index (χ0v) is 22.7. The Morgan fingerprint density at radius 3 is 1.90 bits per heavy atom. The van der Waals surface area contributed by atoms with Crippen molar-refractivity contribution in [3.8, 4) is 0 Å². The number of azo groups is 1. The van der Waals surface area contributed by atoms with Gasteiger partial charge in [-0.3, -0.25) is 18.5 Å². The number of hydrogen-bond donors (Lipinski definition) is 4. The number of nitrogens with zero attached hydrogens (tertiary/aromatic N) is 2. The lowest BCUT2D eigenvalue weighted by Crippen LogP contribution is -2.13. The molecule has 40 heavy (non-hydrogen) atoms. The van der Waals surface area contributed by atoms with Crippen molar-refractivity contribution < 1.29 is 43.7 Å². The van der Waals surface area contributed by atoms with E-state index in [1.165, 1.54) is 24.3 Å². The second-order valence-electron chi connectivity index (χ2n) is 8.43. The van der Waals surface area contributed by atoms with E-state index >= 15 is 0 Å². The van der Waals surface area contributed by atoms with Crippen LogP contribution in [-0.4, -0.2) is 44.8 Å². The van der Waals surface area contributed by atoms with Crippen LogP contribution in [-0.2, 0) is 30.4 Å². The summed E-state index contributed by atoms with van der Waals surface area (Å²) in [4.78, 5) is 10.7. The van der Waals surface area contributed by atoms with Gasteiger partial charge in [-0.25, -0.2) is 0 Å². The quantitative estimate of drug-likeness (QED) is 0.170. The highest BCUT2D eigenvalue weighted by Gasteiger charge is 2.22. The molecule has 4 N–H and O–H groups in total. The minimum atomic E-state index is -5.02. The number of amides is 1. The summed E-state index contributed by atoms with van der Waals surface area (Å²) in [5.41, 5.74) is -0.393. The van der Waals surface area contributed by atoms with Crippen LogP contribution in [0.25, 0.3) is 10.8 Å². The molecule has 4 aromatic rings. The van der Waals surface area contributed by atoms with E-state index in [1.807, 2.05) is 0 Å². The molecule has 0 fully saturated rings. The Kier molecular flexibility index (Phi) is 7.59. The molecule has 0 atom stereocenters. The molecular formula is C24H19N3O10S3. The average Bonchev–Trinajstić information content (AvgIpc) is 2.86. The second-order valence-corrected chi connectivity index (χ2v) is 12.6. The van der Waals surface area contributed by atoms with Crippen molar-refractivity contribution in [3.05, 3.63) is 83.9 Å². The van der Waals surface area contributed by atoms with Gasteiger partial charge in [0.25, 0.3) is 36.3 Å². The molecule has 0 spiro atoms. The summed E-state index contributed by atoms with van der Waals surface area (Å²) in [5, 5.41) is 9.91. The maximum absolute atomic E-state index is 12.8. The number of carbonyl (C=O) groups is 1. The van der Waals surface area contributed by atoms with Crippen LogP contribution in [0.4, 0.5) is 17.1 Å². The smallest absolute Gasteiger partial charge is 0.296 e. The van der Waals surface area contributed by atoms with Crippen LogP contribution in [0, 0.1) is 6.92 Å². The first-order valence-corrected chi connectivity index (χ1v) is 15.3. The first-order valence-electron chi connectivity index (χ1n) is 11.0. The van der Waals surface area contributed by atoms with Gasteiger partial charge in [0.2, 0.25) is 0 Å². The molecule has 0 aromatic heterocycles. The zero-order chi connectivity index (χ0) is 29.5. The van der Waals surface area contributed by atoms with Crippen molar-refractivity contribution in [2.45, 2.75) is 21.6 Å². The van der Waals surface area contributed by atoms with Crippen molar-refractivity contribution in [2.24, 2.45) is 10.2 Å². The second kappa shape index (κ2) is 10.5. The molecule has 1 amide bonds. The van der Waals surface area contributed by atoms with Crippen LogP contribution in [0.2, 0.25) is 0 Å². The van der Waals surface area contributed by atoms with Gasteiger partial charge in [0, 0.05) is 10.9 Å². The molecular weight excluding hydrogens is 586 g/mol. The van der Waals surface area contributed by atoms with E-state index in [0.717, 1.165) is 30.3 Å². The predicted octanol–water partition coefficient (Wildman–Crippen LogP) is 4.56. The number of carbonyl (C=O) groups excluding carboxylic acids is 1. The van der Waals surface area contributed by atoms with Crippen LogP contribution in [0.1, 0.15) is 15.9 Å². The molecule has 0 bridgehead atoms. The molecule has 0 saturated heterocycles. The van der Waals surface area contributed by atoms with Crippen molar-refractivity contribution in [1.82, 2.24) is 0 Å². The summed E-state index contributed by atoms with van der Waals surface area (Å²) in [6, 6.07) is 15.3. The molecule has 0 saturated carbocycles. The number of aryl methyl sites for hydroxylation is 1. The molecule has 0 unspecified atom stereocenters. The third-order valence-corrected chi connectivity index (χ3v) is 8.12. The largest absolute Gasteiger partial charge is 0.321 e. The molecule has 0 radical (unpaired) electrons. The van der Waals surface area contributed by atoms with E-state index in [1.54, 1.807) is 25.1 Å². The first kappa shape index (κ1) is 28.9. The lowest BCUT2D eigenvalue weighted by atomic mass is 10.1. The lowest BCUT2D eigenvalue weighted by molar-refractivity contribution is 0.102. The highest BCUT2D eigenvalue weighted by Crippen LogP contribution is 2.37. The number of anilines is 1. The maximum Gasteiger partial charge on any atom is 0.296 e. The summed E-state index contributed by atoms with van der Waals surface area (Å²) < 4.78 is 101. The van der Waals surface area contributed by atoms with Crippen LogP contribution in [0.3, 0.4) is 0 Å². The van der Waals surface area contributed by atoms with Gasteiger partial charge in [-0.15, -0.1) is 10.2 Å². The Morgan fingerprint density at radius 2 is 1.30 bits per heavy atom. The Bertz CT molecular complexity index is 2030. The SMILES string of the molecule is Cc1ccc(N=Nc2cc3c(NC(=O)c4ccccc4)cc(S(=O)(=O)O)cc3cc2S(=O)(=O)O)c(S(=O)(=O)O)c1. The van der Waals surface area contributed by atoms with E-state index in [4.69, 9.17) is 0 Å². The van der Waals surface area contributed by atoms with Crippen LogP contribution in [0.5, 0.6) is 0 Å². The summed E-state index contributed by atoms with van der Waals surface area (Å²) in [7, 11) is -14.6. The van der Waals surface area contributed by atoms with E-state index in [2.05, 4.69) is 15.5 Å². The molecule has 0 aliphatic carbocycles. The number of fused-ring (bicyclic) bond motifs is 1. The van der Waals surface area contributed by atoms with E-state index < -0.39 is 56.6 Å². The third kappa shape index (κ3) is 6.39. The number of rotatable bonds is 7. The minimum absolute atomic E-state index is 0.0249. The van der Waals surface area contributed by atoms with Gasteiger partial charge in [-0.05, 0) is 66.4 Å². The minimum Gasteiger partial charge on any atom is -0.321 e. The Balaban J connectivity index is 1.97. The normalized spacial score (nSPS) is 12.6. The molecule has 0 heterocycles. The molecule has 0 aliphatic heterocycles. The van der Waals surface area contributed by atoms with Gasteiger partial charge in [0.1, 0.15) is 21.2 Å². The zero-order valence-electron chi connectivity index (χ0n) is 20.2. The van der Waals surface area contributed by atoms with Crippen LogP contribution < -0.4 is 5.32 Å². The van der Waals surface area contributed by atoms with Crippen molar-refractivity contribution >= 4 is 64.1 Å². The molecule has 16 heteroatoms. The van der Waals surface area contributed by atoms with E-state index in [0.29, 0.717) is 5.56 Å². The standard InChI is InChI=1S/C24H19N3O10S3/c1-14-7-8-19(22(9-14)39(32,33)34)26-27-21-13-18-16(11-23(21)40(35,36)37)10-17(38(29,30)31)12-20(18)25-24(28)15-5-3-2-4-6-15/h2-13H,1H3,(H,25,28)(H,29,30,31)(H,32,33,34)(H,35,36,37). The topological polar surface area (TPSA) is 217 Å². The predicted molar refractivity (Wildman–Crippen MR) is 143 cm³/mol. The highest BCUT2D eigenvalue weighted by molar-refractivity contribution is 7.86. The summed E-state index contributed by atoms with van der Waals surface area (Å²) in [6.45, 7) is 1.56. The molecule has 13 nitrogen and oxygen atoms in total. The van der Waals surface area contributed by atoms with Crippen molar-refractivity contribution in [1.29, 1.82) is 0 Å². The fourth-order valence-corrected chi connectivity index (χ4v) is 5.58. The van der Waals surface area contributed by atoms with Crippen LogP contribution in [0.15, 0.2) is 97.7 Å². The Morgan fingerprint density at radius 1 is 0.700 bits per heavy atom. The lowest BCUT2D eigenvalue weighted by Gasteiger charge is -2.13. The van der Waals surface area contributed by atoms with Crippen molar-refractivity contribution in [3.63, 3.8) is 0 Å². The summed E-state index contributed by atoms with van der Waals surface area (Å²) in [5.74, 6) is -0.672. The average molecular weight is 606 g/mol. The van der Waals surface area contributed by atoms with Gasteiger partial charge >= 0.3 is 0 Å². The Labute approximate surface area is 228 Å². The van der Waals surface area contributed by atoms with Gasteiger partial charge in [0.05, 0.1) is 10.6 Å². The Hall–Kier alpha value is -4.06. The summed E-state index contributed by atoms with van der Waals surface area (Å²) >= 11 is 0. The number of hydrogen-bond acceptors (Lipinski definition) is 9. The number of nitrogens with one attached hydrogen (secondary N) is 1. The molecule has 4 rings (SSSR count). The van der Waals surface area contributed by atoms with Gasteiger partial charge in [-0.2, -0.15) is 25.3 Å². The third-order valence-electron chi connectivity index (χ3n) is 5.52. The summed E-state index contributed by atoms with van der Waals surface area (Å²) in [6.07, 6.45) is 0. The number of benzene rings is 4. The van der Waals surface area contributed by atoms with Crippen molar-refractivity contribution in [2.75, 3.05) is 5.32 Å².